The number of nitrogens with one attached hydrogen (secondary N) is 2. The summed E-state index contributed by atoms with van der Waals surface area (Å²) in [5.74, 6) is -0.278. The third-order valence-electron chi connectivity index (χ3n) is 3.49. The first-order chi connectivity index (χ1) is 12.3. The predicted molar refractivity (Wildman–Crippen MR) is 105 cm³/mol. The minimum atomic E-state index is -3.63. The first-order valence-corrected chi connectivity index (χ1v) is 10.3. The summed E-state index contributed by atoms with van der Waals surface area (Å²) in [6.45, 7) is 3.98. The van der Waals surface area contributed by atoms with E-state index in [4.69, 9.17) is 4.74 Å². The number of benzene rings is 1. The van der Waals surface area contributed by atoms with Crippen molar-refractivity contribution in [2.75, 3.05) is 19.0 Å². The standard InChI is InChI=1S/C18H22N2O4S2/c1-13-10-11-25-17(13)8-9-18(21)19-15-4-6-16(7-5-15)26(22,23)20-14(2)12-24-3/h4-11,14,20H,12H2,1-3H3,(H,19,21)/b9-8+/t14-/m1/s1. The van der Waals surface area contributed by atoms with Gasteiger partial charge in [0.2, 0.25) is 15.9 Å². The number of amides is 1. The highest BCUT2D eigenvalue weighted by molar-refractivity contribution is 7.89. The maximum Gasteiger partial charge on any atom is 0.248 e. The summed E-state index contributed by atoms with van der Waals surface area (Å²) in [6.07, 6.45) is 3.22. The van der Waals surface area contributed by atoms with Gasteiger partial charge in [0.1, 0.15) is 0 Å². The maximum absolute atomic E-state index is 12.3. The molecule has 0 fully saturated rings. The molecule has 1 amide bonds. The number of thiophene rings is 1. The minimum Gasteiger partial charge on any atom is -0.383 e. The van der Waals surface area contributed by atoms with E-state index in [9.17, 15) is 13.2 Å². The van der Waals surface area contributed by atoms with Crippen LogP contribution in [0, 0.1) is 6.92 Å². The Labute approximate surface area is 157 Å². The topological polar surface area (TPSA) is 84.5 Å². The third-order valence-corrected chi connectivity index (χ3v) is 6.08. The van der Waals surface area contributed by atoms with Gasteiger partial charge in [0.25, 0.3) is 0 Å². The molecule has 0 aliphatic heterocycles. The molecule has 1 aromatic heterocycles. The summed E-state index contributed by atoms with van der Waals surface area (Å²) in [7, 11) is -2.12. The minimum absolute atomic E-state index is 0.128. The summed E-state index contributed by atoms with van der Waals surface area (Å²) < 4.78 is 32.0. The van der Waals surface area contributed by atoms with Crippen molar-refractivity contribution in [1.29, 1.82) is 0 Å². The van der Waals surface area contributed by atoms with Gasteiger partial charge in [-0.15, -0.1) is 11.3 Å². The molecule has 0 unspecified atom stereocenters. The van der Waals surface area contributed by atoms with Gasteiger partial charge in [-0.25, -0.2) is 13.1 Å². The van der Waals surface area contributed by atoms with Crippen molar-refractivity contribution in [1.82, 2.24) is 4.72 Å². The van der Waals surface area contributed by atoms with E-state index in [1.807, 2.05) is 18.4 Å². The molecule has 1 heterocycles. The zero-order valence-electron chi connectivity index (χ0n) is 14.9. The van der Waals surface area contributed by atoms with Crippen LogP contribution in [0.3, 0.4) is 0 Å². The molecule has 0 spiro atoms. The van der Waals surface area contributed by atoms with E-state index < -0.39 is 10.0 Å². The number of aryl methyl sites for hydroxylation is 1. The van der Waals surface area contributed by atoms with Gasteiger partial charge in [-0.2, -0.15) is 0 Å². The number of hydrogen-bond acceptors (Lipinski definition) is 5. The Balaban J connectivity index is 1.99. The van der Waals surface area contributed by atoms with E-state index in [0.717, 1.165) is 10.4 Å². The fraction of sp³-hybridized carbons (Fsp3) is 0.278. The largest absolute Gasteiger partial charge is 0.383 e. The zero-order chi connectivity index (χ0) is 19.2. The van der Waals surface area contributed by atoms with Crippen LogP contribution in [0.1, 0.15) is 17.4 Å². The van der Waals surface area contributed by atoms with Crippen LogP contribution in [0.5, 0.6) is 0 Å². The average molecular weight is 395 g/mol. The lowest BCUT2D eigenvalue weighted by Gasteiger charge is -2.13. The number of carbonyl (C=O) groups is 1. The Morgan fingerprint density at radius 1 is 1.27 bits per heavy atom. The lowest BCUT2D eigenvalue weighted by molar-refractivity contribution is -0.111. The molecular weight excluding hydrogens is 372 g/mol. The van der Waals surface area contributed by atoms with E-state index in [0.29, 0.717) is 5.69 Å². The monoisotopic (exact) mass is 394 g/mol. The van der Waals surface area contributed by atoms with Crippen LogP contribution in [-0.2, 0) is 19.6 Å². The quantitative estimate of drug-likeness (QED) is 0.674. The molecule has 140 valence electrons. The molecule has 0 saturated heterocycles. The van der Waals surface area contributed by atoms with Crippen LogP contribution in [0.25, 0.3) is 6.08 Å². The number of anilines is 1. The number of carbonyl (C=O) groups excluding carboxylic acids is 1. The predicted octanol–water partition coefficient (Wildman–Crippen LogP) is 3.02. The summed E-state index contributed by atoms with van der Waals surface area (Å²) in [5, 5.41) is 4.67. The van der Waals surface area contributed by atoms with Gasteiger partial charge in [-0.1, -0.05) is 0 Å². The Bertz CT molecular complexity index is 871. The molecule has 1 atom stereocenters. The Hall–Kier alpha value is -2.00. The fourth-order valence-electron chi connectivity index (χ4n) is 2.22. The zero-order valence-corrected chi connectivity index (χ0v) is 16.5. The molecule has 0 aliphatic carbocycles. The molecule has 0 bridgehead atoms. The normalized spacial score (nSPS) is 13.0. The Morgan fingerprint density at radius 2 is 1.96 bits per heavy atom. The highest BCUT2D eigenvalue weighted by Gasteiger charge is 2.17. The Morgan fingerprint density at radius 3 is 2.54 bits per heavy atom. The number of ether oxygens (including phenoxy) is 1. The average Bonchev–Trinajstić information content (AvgIpc) is 2.98. The summed E-state index contributed by atoms with van der Waals surface area (Å²) in [5.41, 5.74) is 1.63. The fourth-order valence-corrected chi connectivity index (χ4v) is 4.27. The molecule has 2 aromatic rings. The van der Waals surface area contributed by atoms with Gasteiger partial charge in [0.05, 0.1) is 11.5 Å². The van der Waals surface area contributed by atoms with Crippen LogP contribution < -0.4 is 10.0 Å². The highest BCUT2D eigenvalue weighted by atomic mass is 32.2. The van der Waals surface area contributed by atoms with Crippen molar-refractivity contribution in [3.8, 4) is 0 Å². The molecule has 0 radical (unpaired) electrons. The molecule has 0 saturated carbocycles. The molecule has 26 heavy (non-hydrogen) atoms. The van der Waals surface area contributed by atoms with Crippen molar-refractivity contribution in [3.05, 3.63) is 52.2 Å². The molecule has 6 nitrogen and oxygen atoms in total. The molecule has 8 heteroatoms. The van der Waals surface area contributed by atoms with Gasteiger partial charge in [-0.3, -0.25) is 4.79 Å². The lowest BCUT2D eigenvalue weighted by Crippen LogP contribution is -2.35. The molecule has 2 rings (SSSR count). The van der Waals surface area contributed by atoms with E-state index in [2.05, 4.69) is 10.0 Å². The van der Waals surface area contributed by atoms with Gasteiger partial charge in [0, 0.05) is 29.8 Å². The second-order valence-corrected chi connectivity index (χ2v) is 8.45. The SMILES string of the molecule is COC[C@@H](C)NS(=O)(=O)c1ccc(NC(=O)/C=C/c2sccc2C)cc1. The maximum atomic E-state index is 12.3. The van der Waals surface area contributed by atoms with Crippen molar-refractivity contribution in [2.45, 2.75) is 24.8 Å². The number of hydrogen-bond donors (Lipinski definition) is 2. The van der Waals surface area contributed by atoms with Crippen LogP contribution in [-0.4, -0.2) is 34.1 Å². The van der Waals surface area contributed by atoms with E-state index in [1.165, 1.54) is 25.3 Å². The molecular formula is C18H22N2O4S2. The van der Waals surface area contributed by atoms with Gasteiger partial charge in [0.15, 0.2) is 0 Å². The van der Waals surface area contributed by atoms with Crippen LogP contribution in [0.15, 0.2) is 46.7 Å². The van der Waals surface area contributed by atoms with Crippen molar-refractivity contribution in [3.63, 3.8) is 0 Å². The lowest BCUT2D eigenvalue weighted by atomic mass is 10.2. The van der Waals surface area contributed by atoms with Gasteiger partial charge in [-0.05, 0) is 61.2 Å². The molecule has 2 N–H and O–H groups in total. The Kier molecular flexibility index (Phi) is 7.10. The van der Waals surface area contributed by atoms with Crippen molar-refractivity contribution < 1.29 is 17.9 Å². The van der Waals surface area contributed by atoms with E-state index in [-0.39, 0.29) is 23.5 Å². The van der Waals surface area contributed by atoms with Crippen molar-refractivity contribution >= 4 is 39.0 Å². The smallest absolute Gasteiger partial charge is 0.248 e. The number of sulfonamides is 1. The summed E-state index contributed by atoms with van der Waals surface area (Å²) >= 11 is 1.56. The second kappa shape index (κ2) is 9.09. The van der Waals surface area contributed by atoms with Gasteiger partial charge < -0.3 is 10.1 Å². The van der Waals surface area contributed by atoms with Crippen molar-refractivity contribution in [2.24, 2.45) is 0 Å². The second-order valence-electron chi connectivity index (χ2n) is 5.79. The molecule has 0 aliphatic rings. The third kappa shape index (κ3) is 5.77. The van der Waals surface area contributed by atoms with Gasteiger partial charge >= 0.3 is 0 Å². The first kappa shape index (κ1) is 20.3. The first-order valence-electron chi connectivity index (χ1n) is 7.96. The van der Waals surface area contributed by atoms with Crippen LogP contribution in [0.2, 0.25) is 0 Å². The highest BCUT2D eigenvalue weighted by Crippen LogP contribution is 2.18. The van der Waals surface area contributed by atoms with Crippen LogP contribution >= 0.6 is 11.3 Å². The van der Waals surface area contributed by atoms with E-state index in [1.54, 1.807) is 36.5 Å². The van der Waals surface area contributed by atoms with Crippen LogP contribution in [0.4, 0.5) is 5.69 Å². The number of methoxy groups -OCH3 is 1. The summed E-state index contributed by atoms with van der Waals surface area (Å²) in [4.78, 5) is 13.1. The summed E-state index contributed by atoms with van der Waals surface area (Å²) in [6, 6.07) is 7.66. The van der Waals surface area contributed by atoms with E-state index >= 15 is 0 Å². The molecule has 1 aromatic carbocycles. The number of rotatable bonds is 8.